The van der Waals surface area contributed by atoms with Crippen molar-refractivity contribution >= 4 is 21.2 Å². The number of nitrogens with one attached hydrogen (secondary N) is 1. The minimum absolute atomic E-state index is 0.0576. The Morgan fingerprint density at radius 1 is 1.40 bits per heavy atom. The minimum Gasteiger partial charge on any atom is -0.313 e. The van der Waals surface area contributed by atoms with Crippen molar-refractivity contribution in [3.63, 3.8) is 0 Å². The lowest BCUT2D eigenvalue weighted by Gasteiger charge is -2.16. The molecule has 0 aliphatic carbocycles. The lowest BCUT2D eigenvalue weighted by Crippen LogP contribution is -2.19. The quantitative estimate of drug-likeness (QED) is 0.921. The predicted octanol–water partition coefficient (Wildman–Crippen LogP) is 2.36. The number of aryl methyl sites for hydroxylation is 1. The molecule has 108 valence electrons. The number of hydrogen-bond donors (Lipinski definition) is 1. The first-order chi connectivity index (χ1) is 9.40. The van der Waals surface area contributed by atoms with Gasteiger partial charge in [0.1, 0.15) is 0 Å². The van der Waals surface area contributed by atoms with Crippen molar-refractivity contribution in [2.24, 2.45) is 0 Å². The van der Waals surface area contributed by atoms with Crippen LogP contribution >= 0.6 is 11.3 Å². The third-order valence-electron chi connectivity index (χ3n) is 3.08. The van der Waals surface area contributed by atoms with E-state index in [1.807, 2.05) is 25.4 Å². The monoisotopic (exact) mass is 310 g/mol. The lowest BCUT2D eigenvalue weighted by atomic mass is 10.0. The molecule has 1 heterocycles. The van der Waals surface area contributed by atoms with Crippen LogP contribution in [0.1, 0.15) is 22.3 Å². The molecule has 6 heteroatoms. The van der Waals surface area contributed by atoms with Gasteiger partial charge >= 0.3 is 0 Å². The molecular weight excluding hydrogens is 292 g/mol. The molecule has 1 unspecified atom stereocenters. The highest BCUT2D eigenvalue weighted by molar-refractivity contribution is 7.90. The largest absolute Gasteiger partial charge is 0.313 e. The maximum Gasteiger partial charge on any atom is 0.175 e. The van der Waals surface area contributed by atoms with Crippen molar-refractivity contribution in [2.75, 3.05) is 13.3 Å². The van der Waals surface area contributed by atoms with Crippen molar-refractivity contribution in [1.82, 2.24) is 10.3 Å². The molecule has 1 aromatic carbocycles. The summed E-state index contributed by atoms with van der Waals surface area (Å²) < 4.78 is 23.3. The summed E-state index contributed by atoms with van der Waals surface area (Å²) in [7, 11) is -1.30. The highest BCUT2D eigenvalue weighted by Crippen LogP contribution is 2.22. The van der Waals surface area contributed by atoms with E-state index >= 15 is 0 Å². The molecule has 1 aromatic heterocycles. The summed E-state index contributed by atoms with van der Waals surface area (Å²) in [5.74, 6) is 0. The number of sulfone groups is 1. The molecule has 0 amide bonds. The third-order valence-corrected chi connectivity index (χ3v) is 5.18. The average Bonchev–Trinajstić information content (AvgIpc) is 2.81. The minimum atomic E-state index is -3.18. The first-order valence-corrected chi connectivity index (χ1v) is 9.05. The number of aromatic nitrogens is 1. The molecule has 2 rings (SSSR count). The Balaban J connectivity index is 2.28. The summed E-state index contributed by atoms with van der Waals surface area (Å²) in [5, 5.41) is 6.30. The fourth-order valence-electron chi connectivity index (χ4n) is 2.02. The normalized spacial score (nSPS) is 13.3. The Hall–Kier alpha value is -1.24. The SMILES string of the molecule is CNC(Cc1nc(C)cs1)c1cccc(S(C)(=O)=O)c1. The maximum absolute atomic E-state index is 11.6. The maximum atomic E-state index is 11.6. The van der Waals surface area contributed by atoms with Gasteiger partial charge in [0.25, 0.3) is 0 Å². The van der Waals surface area contributed by atoms with Crippen molar-refractivity contribution in [1.29, 1.82) is 0 Å². The Morgan fingerprint density at radius 2 is 2.15 bits per heavy atom. The summed E-state index contributed by atoms with van der Waals surface area (Å²) in [5.41, 5.74) is 1.98. The van der Waals surface area contributed by atoms with Crippen LogP contribution in [0, 0.1) is 6.92 Å². The van der Waals surface area contributed by atoms with E-state index in [0.29, 0.717) is 4.90 Å². The summed E-state index contributed by atoms with van der Waals surface area (Å²) in [6.45, 7) is 1.97. The van der Waals surface area contributed by atoms with Crippen LogP contribution in [0.15, 0.2) is 34.5 Å². The van der Waals surface area contributed by atoms with E-state index in [9.17, 15) is 8.42 Å². The predicted molar refractivity (Wildman–Crippen MR) is 81.9 cm³/mol. The van der Waals surface area contributed by atoms with Gasteiger partial charge in [-0.1, -0.05) is 12.1 Å². The van der Waals surface area contributed by atoms with Gasteiger partial charge in [0, 0.05) is 29.8 Å². The molecule has 1 atom stereocenters. The summed E-state index contributed by atoms with van der Waals surface area (Å²) in [6, 6.07) is 7.14. The second kappa shape index (κ2) is 6.03. The summed E-state index contributed by atoms with van der Waals surface area (Å²) in [6.07, 6.45) is 1.98. The Kier molecular flexibility index (Phi) is 4.57. The van der Waals surface area contributed by atoms with Gasteiger partial charge in [-0.05, 0) is 31.7 Å². The van der Waals surface area contributed by atoms with E-state index in [4.69, 9.17) is 0 Å². The Morgan fingerprint density at radius 3 is 2.70 bits per heavy atom. The van der Waals surface area contributed by atoms with E-state index in [1.54, 1.807) is 29.5 Å². The second-order valence-corrected chi connectivity index (χ2v) is 7.73. The van der Waals surface area contributed by atoms with Gasteiger partial charge in [-0.3, -0.25) is 0 Å². The van der Waals surface area contributed by atoms with Crippen molar-refractivity contribution in [3.05, 3.63) is 45.9 Å². The van der Waals surface area contributed by atoms with Crippen LogP contribution in [0.4, 0.5) is 0 Å². The van der Waals surface area contributed by atoms with Crippen LogP contribution in [0.2, 0.25) is 0 Å². The number of nitrogens with zero attached hydrogens (tertiary/aromatic N) is 1. The van der Waals surface area contributed by atoms with E-state index in [-0.39, 0.29) is 6.04 Å². The van der Waals surface area contributed by atoms with Gasteiger partial charge < -0.3 is 5.32 Å². The van der Waals surface area contributed by atoms with Crippen molar-refractivity contribution in [2.45, 2.75) is 24.3 Å². The number of rotatable bonds is 5. The van der Waals surface area contributed by atoms with Crippen LogP contribution in [0.5, 0.6) is 0 Å². The highest BCUT2D eigenvalue weighted by Gasteiger charge is 2.15. The number of hydrogen-bond acceptors (Lipinski definition) is 5. The van der Waals surface area contributed by atoms with Crippen LogP contribution in [0.25, 0.3) is 0 Å². The summed E-state index contributed by atoms with van der Waals surface area (Å²) >= 11 is 1.63. The second-order valence-electron chi connectivity index (χ2n) is 4.77. The van der Waals surface area contributed by atoms with Crippen LogP contribution < -0.4 is 5.32 Å². The van der Waals surface area contributed by atoms with E-state index < -0.39 is 9.84 Å². The molecule has 2 aromatic rings. The highest BCUT2D eigenvalue weighted by atomic mass is 32.2. The standard InChI is InChI=1S/C14H18N2O2S2/c1-10-9-19-14(16-10)8-13(15-2)11-5-4-6-12(7-11)20(3,17)18/h4-7,9,13,15H,8H2,1-3H3. The molecular formula is C14H18N2O2S2. The molecule has 0 radical (unpaired) electrons. The average molecular weight is 310 g/mol. The number of likely N-dealkylation sites (N-methyl/N-ethyl adjacent to an activating group) is 1. The Bertz CT molecular complexity index is 693. The molecule has 0 saturated carbocycles. The van der Waals surface area contributed by atoms with Gasteiger partial charge in [-0.15, -0.1) is 11.3 Å². The van der Waals surface area contributed by atoms with Gasteiger partial charge in [0.2, 0.25) is 0 Å². The molecule has 0 aliphatic heterocycles. The molecule has 20 heavy (non-hydrogen) atoms. The molecule has 0 fully saturated rings. The third kappa shape index (κ3) is 3.65. The number of thiazole rings is 1. The molecule has 4 nitrogen and oxygen atoms in total. The lowest BCUT2D eigenvalue weighted by molar-refractivity contribution is 0.586. The Labute approximate surface area is 123 Å². The van der Waals surface area contributed by atoms with Gasteiger partial charge in [-0.2, -0.15) is 0 Å². The number of benzene rings is 1. The van der Waals surface area contributed by atoms with Crippen LogP contribution in [-0.4, -0.2) is 26.7 Å². The van der Waals surface area contributed by atoms with Gasteiger partial charge in [0.05, 0.1) is 9.90 Å². The van der Waals surface area contributed by atoms with Crippen LogP contribution in [-0.2, 0) is 16.3 Å². The zero-order valence-corrected chi connectivity index (χ0v) is 13.4. The first-order valence-electron chi connectivity index (χ1n) is 6.28. The van der Waals surface area contributed by atoms with E-state index in [2.05, 4.69) is 10.3 Å². The fourth-order valence-corrected chi connectivity index (χ4v) is 3.51. The van der Waals surface area contributed by atoms with Gasteiger partial charge in [-0.25, -0.2) is 13.4 Å². The van der Waals surface area contributed by atoms with Crippen molar-refractivity contribution < 1.29 is 8.42 Å². The van der Waals surface area contributed by atoms with Gasteiger partial charge in [0.15, 0.2) is 9.84 Å². The zero-order chi connectivity index (χ0) is 14.8. The smallest absolute Gasteiger partial charge is 0.175 e. The van der Waals surface area contributed by atoms with Crippen LogP contribution in [0.3, 0.4) is 0 Å². The molecule has 0 spiro atoms. The zero-order valence-electron chi connectivity index (χ0n) is 11.8. The summed E-state index contributed by atoms with van der Waals surface area (Å²) in [4.78, 5) is 4.81. The van der Waals surface area contributed by atoms with E-state index in [0.717, 1.165) is 22.7 Å². The molecule has 0 aliphatic rings. The topological polar surface area (TPSA) is 59.1 Å². The molecule has 1 N–H and O–H groups in total. The van der Waals surface area contributed by atoms with E-state index in [1.165, 1.54) is 6.26 Å². The van der Waals surface area contributed by atoms with Crippen molar-refractivity contribution in [3.8, 4) is 0 Å². The molecule has 0 saturated heterocycles. The fraction of sp³-hybridized carbons (Fsp3) is 0.357. The first kappa shape index (κ1) is 15.2. The molecule has 0 bridgehead atoms.